The number of alkyl halides is 1. The highest BCUT2D eigenvalue weighted by Gasteiger charge is 2.26. The summed E-state index contributed by atoms with van der Waals surface area (Å²) in [6, 6.07) is 0. The minimum atomic E-state index is 0.199. The molecule has 0 aromatic carbocycles. The lowest BCUT2D eigenvalue weighted by molar-refractivity contribution is 0.00231. The fourth-order valence-corrected chi connectivity index (χ4v) is 1.76. The van der Waals surface area contributed by atoms with Crippen molar-refractivity contribution in [2.24, 2.45) is 0 Å². The molecule has 1 aliphatic rings. The number of hydrogen-bond donors (Lipinski definition) is 0. The molecule has 14 heavy (non-hydrogen) atoms. The molecule has 1 fully saturated rings. The van der Waals surface area contributed by atoms with Crippen LogP contribution in [0.15, 0.2) is 0 Å². The van der Waals surface area contributed by atoms with Crippen LogP contribution in [0.25, 0.3) is 0 Å². The molecule has 2 atom stereocenters. The van der Waals surface area contributed by atoms with Gasteiger partial charge in [-0.15, -0.1) is 0 Å². The Labute approximate surface area is 94.2 Å². The average Bonchev–Trinajstić information content (AvgIpc) is 2.58. The van der Waals surface area contributed by atoms with E-state index in [0.717, 1.165) is 19.6 Å². The zero-order chi connectivity index (χ0) is 10.2. The predicted octanol–water partition coefficient (Wildman–Crippen LogP) is 1.98. The first kappa shape index (κ1) is 12.4. The Kier molecular flexibility index (Phi) is 6.77. The van der Waals surface area contributed by atoms with Gasteiger partial charge in [-0.25, -0.2) is 0 Å². The zero-order valence-corrected chi connectivity index (χ0v) is 10.3. The van der Waals surface area contributed by atoms with Crippen molar-refractivity contribution in [3.8, 4) is 0 Å². The van der Waals surface area contributed by atoms with Crippen LogP contribution in [-0.2, 0) is 14.2 Å². The van der Waals surface area contributed by atoms with Gasteiger partial charge in [0.25, 0.3) is 0 Å². The topological polar surface area (TPSA) is 27.7 Å². The highest BCUT2D eigenvalue weighted by atomic mass is 79.9. The summed E-state index contributed by atoms with van der Waals surface area (Å²) >= 11 is 3.51. The third-order valence-electron chi connectivity index (χ3n) is 2.16. The molecule has 0 bridgehead atoms. The summed E-state index contributed by atoms with van der Waals surface area (Å²) in [7, 11) is 0. The maximum absolute atomic E-state index is 5.60. The number of ether oxygens (including phenoxy) is 3. The first-order valence-electron chi connectivity index (χ1n) is 5.25. The lowest BCUT2D eigenvalue weighted by Crippen LogP contribution is -2.24. The van der Waals surface area contributed by atoms with E-state index < -0.39 is 0 Å². The van der Waals surface area contributed by atoms with Crippen molar-refractivity contribution in [3.05, 3.63) is 0 Å². The molecular weight excluding hydrogens is 248 g/mol. The molecule has 0 spiro atoms. The number of rotatable bonds is 7. The van der Waals surface area contributed by atoms with Crippen LogP contribution in [0.1, 0.15) is 19.8 Å². The molecule has 0 aromatic rings. The van der Waals surface area contributed by atoms with Crippen molar-refractivity contribution in [2.45, 2.75) is 30.7 Å². The maximum atomic E-state index is 5.60. The van der Waals surface area contributed by atoms with Gasteiger partial charge in [-0.05, 0) is 6.42 Å². The standard InChI is InChI=1S/C10H19BrO3/c1-2-3-4-12-5-6-14-10-8-13-7-9(10)11/h9-10H,2-8H2,1H3. The lowest BCUT2D eigenvalue weighted by atomic mass is 10.3. The van der Waals surface area contributed by atoms with E-state index in [2.05, 4.69) is 22.9 Å². The van der Waals surface area contributed by atoms with E-state index in [4.69, 9.17) is 14.2 Å². The summed E-state index contributed by atoms with van der Waals surface area (Å²) in [5.41, 5.74) is 0. The predicted molar refractivity (Wildman–Crippen MR) is 59.0 cm³/mol. The van der Waals surface area contributed by atoms with Crippen LogP contribution in [-0.4, -0.2) is 44.0 Å². The largest absolute Gasteiger partial charge is 0.379 e. The van der Waals surface area contributed by atoms with Crippen LogP contribution in [0.4, 0.5) is 0 Å². The highest BCUT2D eigenvalue weighted by molar-refractivity contribution is 9.09. The van der Waals surface area contributed by atoms with E-state index in [1.807, 2.05) is 0 Å². The van der Waals surface area contributed by atoms with E-state index in [9.17, 15) is 0 Å². The highest BCUT2D eigenvalue weighted by Crippen LogP contribution is 2.17. The number of hydrogen-bond acceptors (Lipinski definition) is 3. The second-order valence-electron chi connectivity index (χ2n) is 3.43. The molecule has 2 unspecified atom stereocenters. The van der Waals surface area contributed by atoms with Gasteiger partial charge < -0.3 is 14.2 Å². The van der Waals surface area contributed by atoms with E-state index in [-0.39, 0.29) is 6.10 Å². The third-order valence-corrected chi connectivity index (χ3v) is 3.02. The summed E-state index contributed by atoms with van der Waals surface area (Å²) in [5.74, 6) is 0. The van der Waals surface area contributed by atoms with Gasteiger partial charge in [0.1, 0.15) is 0 Å². The molecule has 3 nitrogen and oxygen atoms in total. The van der Waals surface area contributed by atoms with Gasteiger partial charge >= 0.3 is 0 Å². The number of halogens is 1. The molecule has 0 aromatic heterocycles. The van der Waals surface area contributed by atoms with Crippen molar-refractivity contribution in [1.29, 1.82) is 0 Å². The Hall–Kier alpha value is 0.360. The van der Waals surface area contributed by atoms with Crippen molar-refractivity contribution in [1.82, 2.24) is 0 Å². The second-order valence-corrected chi connectivity index (χ2v) is 4.60. The van der Waals surface area contributed by atoms with Crippen molar-refractivity contribution in [3.63, 3.8) is 0 Å². The summed E-state index contributed by atoms with van der Waals surface area (Å²) in [6.07, 6.45) is 2.51. The first-order chi connectivity index (χ1) is 6.84. The minimum Gasteiger partial charge on any atom is -0.379 e. The van der Waals surface area contributed by atoms with Gasteiger partial charge in [-0.3, -0.25) is 0 Å². The molecule has 0 saturated carbocycles. The van der Waals surface area contributed by atoms with Gasteiger partial charge in [0, 0.05) is 6.61 Å². The van der Waals surface area contributed by atoms with Crippen LogP contribution in [0.3, 0.4) is 0 Å². The fraction of sp³-hybridized carbons (Fsp3) is 1.00. The summed E-state index contributed by atoms with van der Waals surface area (Å²) in [6.45, 7) is 5.81. The van der Waals surface area contributed by atoms with Gasteiger partial charge in [-0.2, -0.15) is 0 Å². The lowest BCUT2D eigenvalue weighted by Gasteiger charge is -2.13. The van der Waals surface area contributed by atoms with Crippen molar-refractivity contribution < 1.29 is 14.2 Å². The minimum absolute atomic E-state index is 0.199. The van der Waals surface area contributed by atoms with Crippen molar-refractivity contribution in [2.75, 3.05) is 33.0 Å². The molecule has 0 aliphatic carbocycles. The fourth-order valence-electron chi connectivity index (χ4n) is 1.27. The quantitative estimate of drug-likeness (QED) is 0.521. The van der Waals surface area contributed by atoms with Gasteiger partial charge in [0.2, 0.25) is 0 Å². The maximum Gasteiger partial charge on any atom is 0.0956 e. The Balaban J connectivity index is 1.88. The Morgan fingerprint density at radius 2 is 2.14 bits per heavy atom. The molecule has 0 radical (unpaired) electrons. The van der Waals surface area contributed by atoms with Crippen LogP contribution in [0.5, 0.6) is 0 Å². The Morgan fingerprint density at radius 1 is 1.29 bits per heavy atom. The van der Waals surface area contributed by atoms with E-state index in [0.29, 0.717) is 24.6 Å². The second kappa shape index (κ2) is 7.63. The zero-order valence-electron chi connectivity index (χ0n) is 8.71. The molecule has 1 rings (SSSR count). The summed E-state index contributed by atoms with van der Waals surface area (Å²) in [5, 5.41) is 0. The molecule has 1 saturated heterocycles. The molecule has 4 heteroatoms. The van der Waals surface area contributed by atoms with Crippen molar-refractivity contribution >= 4 is 15.9 Å². The summed E-state index contributed by atoms with van der Waals surface area (Å²) in [4.78, 5) is 0.346. The molecule has 1 heterocycles. The molecular formula is C10H19BrO3. The van der Waals surface area contributed by atoms with Gasteiger partial charge in [-0.1, -0.05) is 29.3 Å². The van der Waals surface area contributed by atoms with Crippen LogP contribution in [0, 0.1) is 0 Å². The normalized spacial score (nSPS) is 27.0. The van der Waals surface area contributed by atoms with Crippen LogP contribution in [0.2, 0.25) is 0 Å². The van der Waals surface area contributed by atoms with E-state index >= 15 is 0 Å². The Bertz CT molecular complexity index is 143. The summed E-state index contributed by atoms with van der Waals surface area (Å²) < 4.78 is 16.2. The smallest absolute Gasteiger partial charge is 0.0956 e. The SMILES string of the molecule is CCCCOCCOC1COCC1Br. The van der Waals surface area contributed by atoms with Crippen LogP contribution < -0.4 is 0 Å². The molecule has 84 valence electrons. The number of unbranched alkanes of at least 4 members (excludes halogenated alkanes) is 1. The van der Waals surface area contributed by atoms with Gasteiger partial charge in [0.05, 0.1) is 37.4 Å². The molecule has 1 aliphatic heterocycles. The molecule has 0 amide bonds. The first-order valence-corrected chi connectivity index (χ1v) is 6.17. The van der Waals surface area contributed by atoms with Gasteiger partial charge in [0.15, 0.2) is 0 Å². The van der Waals surface area contributed by atoms with E-state index in [1.165, 1.54) is 6.42 Å². The Morgan fingerprint density at radius 3 is 2.79 bits per heavy atom. The average molecular weight is 267 g/mol. The van der Waals surface area contributed by atoms with Crippen LogP contribution >= 0.6 is 15.9 Å². The molecule has 0 N–H and O–H groups in total. The third kappa shape index (κ3) is 4.73. The monoisotopic (exact) mass is 266 g/mol. The van der Waals surface area contributed by atoms with E-state index in [1.54, 1.807) is 0 Å².